The summed E-state index contributed by atoms with van der Waals surface area (Å²) in [6.07, 6.45) is -41.9. The van der Waals surface area contributed by atoms with Gasteiger partial charge in [-0.1, -0.05) is 143 Å². The van der Waals surface area contributed by atoms with Crippen LogP contribution < -0.4 is 0 Å². The second-order valence-corrected chi connectivity index (χ2v) is 20.1. The highest BCUT2D eigenvalue weighted by molar-refractivity contribution is 4.84. The van der Waals surface area contributed by atoms with Crippen molar-refractivity contribution in [2.75, 3.05) is 0 Å². The number of hydrogen-bond acceptors (Lipinski definition) is 0. The maximum atomic E-state index is 11.7. The van der Waals surface area contributed by atoms with Gasteiger partial charge < -0.3 is 0 Å². The van der Waals surface area contributed by atoms with Gasteiger partial charge in [-0.15, -0.1) is 0 Å². The lowest BCUT2D eigenvalue weighted by Crippen LogP contribution is -2.44. The fourth-order valence-corrected chi connectivity index (χ4v) is 2.68. The van der Waals surface area contributed by atoms with Crippen LogP contribution in [0.15, 0.2) is 0 Å². The van der Waals surface area contributed by atoms with E-state index in [0.717, 1.165) is 46.0 Å². The molecule has 2 unspecified atom stereocenters. The van der Waals surface area contributed by atoms with E-state index in [2.05, 4.69) is 55.4 Å². The van der Waals surface area contributed by atoms with Gasteiger partial charge in [0.1, 0.15) is 0 Å². The average molecular weight is 1150 g/mol. The van der Waals surface area contributed by atoms with Crippen LogP contribution in [0, 0.1) is 45.8 Å². The van der Waals surface area contributed by atoms with Crippen molar-refractivity contribution in [2.24, 2.45) is 45.8 Å². The molecule has 0 aliphatic heterocycles. The van der Waals surface area contributed by atoms with Crippen LogP contribution >= 0.6 is 0 Å². The minimum atomic E-state index is -5.24. The van der Waals surface area contributed by atoms with E-state index >= 15 is 0 Å². The van der Waals surface area contributed by atoms with Crippen LogP contribution in [-0.4, -0.2) is 55.6 Å². The lowest BCUT2D eigenvalue weighted by molar-refractivity contribution is -0.327. The van der Waals surface area contributed by atoms with Crippen LogP contribution in [0.25, 0.3) is 0 Å². The topological polar surface area (TPSA) is 0 Å². The summed E-state index contributed by atoms with van der Waals surface area (Å²) in [5.74, 6) is -4.49. The fraction of sp³-hybridized carbons (Fsp3) is 1.00. The molecule has 0 aromatic carbocycles. The van der Waals surface area contributed by atoms with E-state index in [4.69, 9.17) is 0 Å². The van der Waals surface area contributed by atoms with Crippen molar-refractivity contribution < 1.29 is 119 Å². The van der Waals surface area contributed by atoms with Gasteiger partial charge in [0.2, 0.25) is 0 Å². The monoisotopic (exact) mass is 1150 g/mol. The Morgan fingerprint density at radius 2 is 0.575 bits per heavy atom. The quantitative estimate of drug-likeness (QED) is 0.151. The Kier molecular flexibility index (Phi) is 43.6. The third-order valence-electron chi connectivity index (χ3n) is 9.79. The summed E-state index contributed by atoms with van der Waals surface area (Å²) in [6.45, 7) is 28.4. The van der Waals surface area contributed by atoms with Gasteiger partial charge in [-0.3, -0.25) is 0 Å². The molecule has 0 fully saturated rings. The third-order valence-corrected chi connectivity index (χ3v) is 9.79. The number of unbranched alkanes of at least 4 members (excludes halogenated alkanes) is 2. The minimum Gasteiger partial charge on any atom is -0.171 e. The van der Waals surface area contributed by atoms with Gasteiger partial charge in [0.05, 0.1) is 17.3 Å². The normalized spacial score (nSPS) is 14.1. The molecule has 0 amide bonds. The van der Waals surface area contributed by atoms with Crippen molar-refractivity contribution in [3.8, 4) is 0 Å². The Labute approximate surface area is 415 Å². The Morgan fingerprint density at radius 1 is 0.315 bits per heavy atom. The number of alkyl halides is 27. The van der Waals surface area contributed by atoms with Crippen molar-refractivity contribution in [2.45, 2.75) is 251 Å². The highest BCUT2D eigenvalue weighted by atomic mass is 19.4. The summed E-state index contributed by atoms with van der Waals surface area (Å²) < 4.78 is 313. The molecule has 0 spiro atoms. The zero-order chi connectivity index (χ0) is 61.7. The van der Waals surface area contributed by atoms with Gasteiger partial charge in [0.25, 0.3) is 0 Å². The van der Waals surface area contributed by atoms with Gasteiger partial charge >= 0.3 is 55.6 Å². The second-order valence-electron chi connectivity index (χ2n) is 20.1. The smallest absolute Gasteiger partial charge is 0.171 e. The summed E-state index contributed by atoms with van der Waals surface area (Å²) in [4.78, 5) is 0. The Hall–Kier alpha value is -1.89. The van der Waals surface area contributed by atoms with E-state index < -0.39 is 110 Å². The summed E-state index contributed by atoms with van der Waals surface area (Å²) in [6, 6.07) is 0. The highest BCUT2D eigenvalue weighted by Crippen LogP contribution is 2.49. The van der Waals surface area contributed by atoms with Crippen molar-refractivity contribution in [1.29, 1.82) is 0 Å². The first-order chi connectivity index (χ1) is 31.3. The molecule has 0 bridgehead atoms. The molecule has 0 saturated carbocycles. The van der Waals surface area contributed by atoms with Gasteiger partial charge in [0, 0.05) is 12.8 Å². The van der Waals surface area contributed by atoms with Crippen LogP contribution in [0.3, 0.4) is 0 Å². The van der Waals surface area contributed by atoms with Crippen molar-refractivity contribution >= 4 is 0 Å². The third kappa shape index (κ3) is 59.2. The van der Waals surface area contributed by atoms with Crippen LogP contribution in [0.1, 0.15) is 195 Å². The minimum absolute atomic E-state index is 0.104. The molecule has 27 heteroatoms. The molecule has 0 rings (SSSR count). The molecule has 0 aliphatic carbocycles. The number of hydrogen-bond donors (Lipinski definition) is 0. The number of rotatable bonds is 10. The van der Waals surface area contributed by atoms with E-state index in [1.165, 1.54) is 20.3 Å². The fourth-order valence-electron chi connectivity index (χ4n) is 2.68. The molecular formula is C46H81F27. The Bertz CT molecular complexity index is 1210. The van der Waals surface area contributed by atoms with Crippen LogP contribution in [0.2, 0.25) is 0 Å². The van der Waals surface area contributed by atoms with Crippen LogP contribution in [-0.2, 0) is 0 Å². The second kappa shape index (κ2) is 36.3. The molecule has 0 aromatic heterocycles. The van der Waals surface area contributed by atoms with E-state index in [1.807, 2.05) is 6.92 Å². The van der Waals surface area contributed by atoms with E-state index in [9.17, 15) is 119 Å². The molecule has 0 saturated heterocycles. The molecule has 454 valence electrons. The Morgan fingerprint density at radius 3 is 0.685 bits per heavy atom. The maximum absolute atomic E-state index is 11.7. The molecule has 0 radical (unpaired) electrons. The van der Waals surface area contributed by atoms with E-state index in [-0.39, 0.29) is 33.1 Å². The molecule has 0 aromatic rings. The molecule has 0 heterocycles. The SMILES string of the molecule is CC(C)(C(F)(F)F)C(F)(F)F.CC(C)(C)C(F)(F)F.CC(C)C(C)C.CC(CCC(F)(F)F)C(F)(F)F.CCC(C)(C)C.CCCC(C(F)(F)F)C(F)(F)F.CCCC(C)C(F)(F)F.CCCCCC(F)(F)F. The summed E-state index contributed by atoms with van der Waals surface area (Å²) in [5.41, 5.74) is -4.65. The van der Waals surface area contributed by atoms with Gasteiger partial charge in [0.15, 0.2) is 11.3 Å². The molecular weight excluding hydrogens is 1070 g/mol. The van der Waals surface area contributed by atoms with Crippen LogP contribution in [0.4, 0.5) is 119 Å². The van der Waals surface area contributed by atoms with Gasteiger partial charge in [-0.2, -0.15) is 119 Å². The standard InChI is InChI=1S/2C6H8F6.2C6H11F3.2C6H14.C5H6F6.C5H9F3/c1-4(6(10,11)12)2-3-5(7,8)9;1-2-3-4(5(7,8)9)6(10,11)12;1-3-4-5(2)6(7,8)9;1-2-3-4-5-6(7,8)9;1-5-6(2,3)4;1-5(2)6(3)4;1-3(2,4(6,7)8)5(9,10)11;1-4(2,3)5(6,7)8/h2*4H,2-3H2,1H3;5H,3-4H2,1-2H3;2-5H2,1H3;5H2,1-4H3;5-6H,1-4H3;1-2H3;1-3H3. The first-order valence-corrected chi connectivity index (χ1v) is 22.9. The first kappa shape index (κ1) is 87.8. The van der Waals surface area contributed by atoms with Crippen LogP contribution in [0.5, 0.6) is 0 Å². The molecule has 0 aliphatic rings. The van der Waals surface area contributed by atoms with E-state index in [1.54, 1.807) is 6.92 Å². The van der Waals surface area contributed by atoms with Gasteiger partial charge in [-0.25, -0.2) is 0 Å². The maximum Gasteiger partial charge on any atom is 0.402 e. The lowest BCUT2D eigenvalue weighted by Gasteiger charge is -2.29. The van der Waals surface area contributed by atoms with E-state index in [0.29, 0.717) is 18.3 Å². The van der Waals surface area contributed by atoms with Gasteiger partial charge in [-0.05, 0) is 56.8 Å². The number of halogens is 27. The first-order valence-electron chi connectivity index (χ1n) is 22.9. The van der Waals surface area contributed by atoms with Crippen molar-refractivity contribution in [1.82, 2.24) is 0 Å². The predicted molar refractivity (Wildman–Crippen MR) is 232 cm³/mol. The molecule has 73 heavy (non-hydrogen) atoms. The average Bonchev–Trinajstić information content (AvgIpc) is 3.10. The zero-order valence-electron chi connectivity index (χ0n) is 44.9. The summed E-state index contributed by atoms with van der Waals surface area (Å²) in [7, 11) is 0. The molecule has 0 nitrogen and oxygen atoms in total. The van der Waals surface area contributed by atoms with Crippen molar-refractivity contribution in [3.63, 3.8) is 0 Å². The lowest BCUT2D eigenvalue weighted by atomic mass is 9.92. The molecule has 0 N–H and O–H groups in total. The highest BCUT2D eigenvalue weighted by Gasteiger charge is 2.64. The zero-order valence-corrected chi connectivity index (χ0v) is 44.9. The largest absolute Gasteiger partial charge is 0.402 e. The molecule has 2 atom stereocenters. The summed E-state index contributed by atoms with van der Waals surface area (Å²) in [5, 5.41) is 0. The predicted octanol–water partition coefficient (Wildman–Crippen LogP) is 23.6. The van der Waals surface area contributed by atoms with Crippen molar-refractivity contribution in [3.05, 3.63) is 0 Å². The Balaban J connectivity index is -0.000000111. The summed E-state index contributed by atoms with van der Waals surface area (Å²) >= 11 is 0.